The Labute approximate surface area is 119 Å². The molecule has 6 nitrogen and oxygen atoms in total. The molecule has 0 unspecified atom stereocenters. The Morgan fingerprint density at radius 1 is 1.20 bits per heavy atom. The van der Waals surface area contributed by atoms with Crippen molar-refractivity contribution in [2.75, 3.05) is 5.32 Å². The zero-order valence-electron chi connectivity index (χ0n) is 10.4. The Bertz CT molecular complexity index is 671. The number of Topliss-reactive ketones (excluding diaryl/α,β-unsaturated/α-hetero) is 1. The van der Waals surface area contributed by atoms with Crippen LogP contribution in [-0.2, 0) is 0 Å². The molecule has 2 rings (SSSR count). The lowest BCUT2D eigenvalue weighted by atomic mass is 10.1. The number of hydrogen-bond donors (Lipinski definition) is 2. The topological polar surface area (TPSA) is 92.2 Å². The summed E-state index contributed by atoms with van der Waals surface area (Å²) in [6.45, 7) is 1.39. The van der Waals surface area contributed by atoms with Crippen molar-refractivity contribution in [3.05, 3.63) is 46.7 Å². The largest absolute Gasteiger partial charge is 0.506 e. The summed E-state index contributed by atoms with van der Waals surface area (Å²) >= 11 is 5.57. The van der Waals surface area contributed by atoms with Gasteiger partial charge in [-0.05, 0) is 37.3 Å². The van der Waals surface area contributed by atoms with Crippen LogP contribution in [0.4, 0.5) is 5.69 Å². The van der Waals surface area contributed by atoms with Gasteiger partial charge in [0.1, 0.15) is 5.75 Å². The van der Waals surface area contributed by atoms with Crippen LogP contribution in [0.15, 0.2) is 30.3 Å². The van der Waals surface area contributed by atoms with Gasteiger partial charge in [0.15, 0.2) is 16.6 Å². The minimum atomic E-state index is -0.542. The molecule has 0 atom stereocenters. The van der Waals surface area contributed by atoms with Gasteiger partial charge in [-0.1, -0.05) is 11.6 Å². The third kappa shape index (κ3) is 3.10. The third-order valence-electron chi connectivity index (χ3n) is 2.52. The van der Waals surface area contributed by atoms with Crippen molar-refractivity contribution >= 4 is 29.0 Å². The van der Waals surface area contributed by atoms with Crippen LogP contribution in [-0.4, -0.2) is 27.0 Å². The molecule has 0 saturated carbocycles. The monoisotopic (exact) mass is 291 g/mol. The van der Waals surface area contributed by atoms with Crippen LogP contribution < -0.4 is 5.32 Å². The average molecular weight is 292 g/mol. The van der Waals surface area contributed by atoms with Gasteiger partial charge in [0, 0.05) is 5.56 Å². The van der Waals surface area contributed by atoms with E-state index in [0.717, 1.165) is 0 Å². The molecule has 0 bridgehead atoms. The Balaban J connectivity index is 2.19. The number of carbonyl (C=O) groups excluding carboxylic acids is 2. The molecule has 2 N–H and O–H groups in total. The highest BCUT2D eigenvalue weighted by Crippen LogP contribution is 2.24. The summed E-state index contributed by atoms with van der Waals surface area (Å²) in [4.78, 5) is 23.0. The number of phenolic OH excluding ortho intramolecular Hbond substituents is 1. The number of carbonyl (C=O) groups is 2. The van der Waals surface area contributed by atoms with Crippen molar-refractivity contribution in [2.24, 2.45) is 0 Å². The number of rotatable bonds is 3. The molecule has 102 valence electrons. The molecule has 2 aromatic rings. The molecule has 1 aromatic heterocycles. The van der Waals surface area contributed by atoms with Crippen molar-refractivity contribution in [2.45, 2.75) is 6.92 Å². The van der Waals surface area contributed by atoms with Crippen molar-refractivity contribution in [1.82, 2.24) is 10.2 Å². The van der Waals surface area contributed by atoms with Crippen LogP contribution in [0.1, 0.15) is 27.8 Å². The normalized spacial score (nSPS) is 10.1. The molecule has 20 heavy (non-hydrogen) atoms. The van der Waals surface area contributed by atoms with E-state index in [0.29, 0.717) is 5.56 Å². The van der Waals surface area contributed by atoms with Gasteiger partial charge in [-0.3, -0.25) is 9.59 Å². The van der Waals surface area contributed by atoms with Crippen molar-refractivity contribution in [3.63, 3.8) is 0 Å². The van der Waals surface area contributed by atoms with E-state index in [1.165, 1.54) is 37.3 Å². The second kappa shape index (κ2) is 5.66. The first kappa shape index (κ1) is 14.0. The van der Waals surface area contributed by atoms with Crippen LogP contribution in [0.25, 0.3) is 0 Å². The summed E-state index contributed by atoms with van der Waals surface area (Å²) in [5.41, 5.74) is 0.591. The lowest BCUT2D eigenvalue weighted by Crippen LogP contribution is -2.14. The summed E-state index contributed by atoms with van der Waals surface area (Å²) in [6, 6.07) is 7.07. The fourth-order valence-electron chi connectivity index (χ4n) is 1.48. The van der Waals surface area contributed by atoms with Gasteiger partial charge in [-0.15, -0.1) is 10.2 Å². The second-order valence-corrected chi connectivity index (χ2v) is 4.37. The number of anilines is 1. The predicted octanol–water partition coefficient (Wildman–Crippen LogP) is 2.29. The van der Waals surface area contributed by atoms with E-state index in [-0.39, 0.29) is 28.1 Å². The Morgan fingerprint density at radius 3 is 2.50 bits per heavy atom. The maximum absolute atomic E-state index is 11.9. The van der Waals surface area contributed by atoms with Crippen molar-refractivity contribution in [1.29, 1.82) is 0 Å². The highest BCUT2D eigenvalue weighted by molar-refractivity contribution is 6.29. The highest BCUT2D eigenvalue weighted by atomic mass is 35.5. The summed E-state index contributed by atoms with van der Waals surface area (Å²) < 4.78 is 0. The molecule has 0 fully saturated rings. The fraction of sp³-hybridized carbons (Fsp3) is 0.0769. The number of ketones is 1. The molecule has 1 heterocycles. The first-order chi connectivity index (χ1) is 9.47. The van der Waals surface area contributed by atoms with Gasteiger partial charge in [0.25, 0.3) is 5.91 Å². The number of nitrogens with one attached hydrogen (secondary N) is 1. The summed E-state index contributed by atoms with van der Waals surface area (Å²) in [7, 11) is 0. The van der Waals surface area contributed by atoms with E-state index in [1.807, 2.05) is 0 Å². The number of hydrogen-bond acceptors (Lipinski definition) is 5. The molecule has 1 aromatic carbocycles. The summed E-state index contributed by atoms with van der Waals surface area (Å²) in [6.07, 6.45) is 0. The lowest BCUT2D eigenvalue weighted by Gasteiger charge is -2.07. The lowest BCUT2D eigenvalue weighted by molar-refractivity contribution is 0.101. The van der Waals surface area contributed by atoms with Gasteiger partial charge in [-0.2, -0.15) is 0 Å². The van der Waals surface area contributed by atoms with E-state index in [9.17, 15) is 14.7 Å². The van der Waals surface area contributed by atoms with Crippen LogP contribution in [0.5, 0.6) is 5.75 Å². The number of phenols is 1. The van der Waals surface area contributed by atoms with E-state index < -0.39 is 5.91 Å². The molecule has 0 saturated heterocycles. The molecule has 0 aliphatic carbocycles. The minimum Gasteiger partial charge on any atom is -0.506 e. The number of halogens is 1. The van der Waals surface area contributed by atoms with Gasteiger partial charge in [0.2, 0.25) is 0 Å². The number of amides is 1. The molecule has 0 aliphatic rings. The van der Waals surface area contributed by atoms with Gasteiger partial charge < -0.3 is 10.4 Å². The first-order valence-electron chi connectivity index (χ1n) is 5.62. The Hall–Kier alpha value is -2.47. The minimum absolute atomic E-state index is 0.0597. The quantitative estimate of drug-likeness (QED) is 0.668. The second-order valence-electron chi connectivity index (χ2n) is 3.98. The number of aromatic hydroxyl groups is 1. The van der Waals surface area contributed by atoms with Crippen LogP contribution in [0.3, 0.4) is 0 Å². The SMILES string of the molecule is CC(=O)c1ccc(NC(=O)c2ccc(Cl)nn2)c(O)c1. The van der Waals surface area contributed by atoms with E-state index in [4.69, 9.17) is 11.6 Å². The fourth-order valence-corrected chi connectivity index (χ4v) is 1.58. The summed E-state index contributed by atoms with van der Waals surface area (Å²) in [5.74, 6) is -0.922. The smallest absolute Gasteiger partial charge is 0.276 e. The third-order valence-corrected chi connectivity index (χ3v) is 2.72. The maximum Gasteiger partial charge on any atom is 0.276 e. The number of aromatic nitrogens is 2. The molecule has 0 aliphatic heterocycles. The van der Waals surface area contributed by atoms with Gasteiger partial charge >= 0.3 is 0 Å². The molecule has 7 heteroatoms. The summed E-state index contributed by atoms with van der Waals surface area (Å²) in [5, 5.41) is 19.6. The van der Waals surface area contributed by atoms with E-state index >= 15 is 0 Å². The first-order valence-corrected chi connectivity index (χ1v) is 5.99. The molecule has 1 amide bonds. The predicted molar refractivity (Wildman–Crippen MR) is 73.1 cm³/mol. The molecular weight excluding hydrogens is 282 g/mol. The standard InChI is InChI=1S/C13H10ClN3O3/c1-7(18)8-2-3-9(11(19)6-8)15-13(20)10-4-5-12(14)17-16-10/h2-6,19H,1H3,(H,15,20). The Kier molecular flexibility index (Phi) is 3.95. The number of nitrogens with zero attached hydrogens (tertiary/aromatic N) is 2. The van der Waals surface area contributed by atoms with Gasteiger partial charge in [0.05, 0.1) is 5.69 Å². The zero-order valence-corrected chi connectivity index (χ0v) is 11.2. The van der Waals surface area contributed by atoms with Crippen molar-refractivity contribution in [3.8, 4) is 5.75 Å². The average Bonchev–Trinajstić information content (AvgIpc) is 2.41. The highest BCUT2D eigenvalue weighted by Gasteiger charge is 2.12. The molecule has 0 radical (unpaired) electrons. The zero-order chi connectivity index (χ0) is 14.7. The van der Waals surface area contributed by atoms with E-state index in [2.05, 4.69) is 15.5 Å². The number of benzene rings is 1. The van der Waals surface area contributed by atoms with E-state index in [1.54, 1.807) is 0 Å². The van der Waals surface area contributed by atoms with Crippen LogP contribution in [0.2, 0.25) is 5.15 Å². The molecule has 0 spiro atoms. The van der Waals surface area contributed by atoms with Crippen LogP contribution >= 0.6 is 11.6 Å². The van der Waals surface area contributed by atoms with Crippen LogP contribution in [0, 0.1) is 0 Å². The Morgan fingerprint density at radius 2 is 1.95 bits per heavy atom. The van der Waals surface area contributed by atoms with Gasteiger partial charge in [-0.25, -0.2) is 0 Å². The molecular formula is C13H10ClN3O3. The van der Waals surface area contributed by atoms with Crippen molar-refractivity contribution < 1.29 is 14.7 Å². The maximum atomic E-state index is 11.9.